The number of rotatable bonds is 4. The average molecular weight is 430 g/mol. The van der Waals surface area contributed by atoms with Gasteiger partial charge in [-0.3, -0.25) is 0 Å². The lowest BCUT2D eigenvalue weighted by Gasteiger charge is -2.30. The SMILES string of the molecule is Cc1cc(N2CCc3ccc(S(N)(=O)=O)cc3C2)nc(Nc2cccc(Cl)c2)n1. The summed E-state index contributed by atoms with van der Waals surface area (Å²) in [6.45, 7) is 3.23. The first kappa shape index (κ1) is 19.6. The van der Waals surface area contributed by atoms with Gasteiger partial charge < -0.3 is 10.2 Å². The minimum atomic E-state index is -3.73. The molecule has 2 aromatic carbocycles. The van der Waals surface area contributed by atoms with E-state index in [1.54, 1.807) is 24.3 Å². The van der Waals surface area contributed by atoms with Gasteiger partial charge in [0.1, 0.15) is 5.82 Å². The van der Waals surface area contributed by atoms with E-state index in [-0.39, 0.29) is 4.90 Å². The molecule has 0 atom stereocenters. The molecular formula is C20H20ClN5O2S. The average Bonchev–Trinajstić information content (AvgIpc) is 2.66. The maximum atomic E-state index is 11.7. The van der Waals surface area contributed by atoms with E-state index in [9.17, 15) is 8.42 Å². The summed E-state index contributed by atoms with van der Waals surface area (Å²) in [4.78, 5) is 11.3. The first-order valence-corrected chi connectivity index (χ1v) is 11.0. The summed E-state index contributed by atoms with van der Waals surface area (Å²) in [5.41, 5.74) is 3.68. The third-order valence-corrected chi connectivity index (χ3v) is 5.91. The molecule has 0 bridgehead atoms. The second-order valence-electron chi connectivity index (χ2n) is 6.97. The standard InChI is InChI=1S/C20H20ClN5O2S/c1-13-9-19(25-20(23-13)24-17-4-2-3-16(21)11-17)26-8-7-14-5-6-18(29(22,27)28)10-15(14)12-26/h2-6,9-11H,7-8,12H2,1H3,(H2,22,27,28)(H,23,24,25). The van der Waals surface area contributed by atoms with Gasteiger partial charge in [0.15, 0.2) is 0 Å². The van der Waals surface area contributed by atoms with Crippen molar-refractivity contribution in [1.82, 2.24) is 9.97 Å². The summed E-state index contributed by atoms with van der Waals surface area (Å²) in [6.07, 6.45) is 0.792. The molecule has 0 amide bonds. The number of fused-ring (bicyclic) bond motifs is 1. The summed E-state index contributed by atoms with van der Waals surface area (Å²) in [5.74, 6) is 1.25. The first-order chi connectivity index (χ1) is 13.8. The quantitative estimate of drug-likeness (QED) is 0.659. The Morgan fingerprint density at radius 1 is 1.10 bits per heavy atom. The van der Waals surface area contributed by atoms with Crippen LogP contribution < -0.4 is 15.4 Å². The number of sulfonamides is 1. The van der Waals surface area contributed by atoms with Gasteiger partial charge in [-0.1, -0.05) is 23.7 Å². The molecule has 0 unspecified atom stereocenters. The topological polar surface area (TPSA) is 101 Å². The fourth-order valence-corrected chi connectivity index (χ4v) is 4.13. The Bertz CT molecular complexity index is 1180. The predicted molar refractivity (Wildman–Crippen MR) is 114 cm³/mol. The van der Waals surface area contributed by atoms with Crippen LogP contribution in [0.2, 0.25) is 5.02 Å². The van der Waals surface area contributed by atoms with Crippen LogP contribution in [-0.4, -0.2) is 24.9 Å². The van der Waals surface area contributed by atoms with E-state index in [0.29, 0.717) is 17.5 Å². The van der Waals surface area contributed by atoms with Gasteiger partial charge in [-0.05, 0) is 54.8 Å². The molecule has 7 nitrogen and oxygen atoms in total. The molecular weight excluding hydrogens is 410 g/mol. The zero-order chi connectivity index (χ0) is 20.6. The molecule has 1 aromatic heterocycles. The molecule has 4 rings (SSSR count). The third-order valence-electron chi connectivity index (χ3n) is 4.76. The molecule has 29 heavy (non-hydrogen) atoms. The van der Waals surface area contributed by atoms with Gasteiger partial charge in [0.25, 0.3) is 0 Å². The molecule has 1 aliphatic heterocycles. The maximum absolute atomic E-state index is 11.7. The van der Waals surface area contributed by atoms with Crippen molar-refractivity contribution < 1.29 is 8.42 Å². The molecule has 0 saturated carbocycles. The maximum Gasteiger partial charge on any atom is 0.238 e. The van der Waals surface area contributed by atoms with Crippen LogP contribution in [0, 0.1) is 6.92 Å². The second kappa shape index (κ2) is 7.62. The van der Waals surface area contributed by atoms with Crippen molar-refractivity contribution in [3.05, 3.63) is 70.4 Å². The highest BCUT2D eigenvalue weighted by molar-refractivity contribution is 7.89. The van der Waals surface area contributed by atoms with E-state index in [2.05, 4.69) is 20.2 Å². The molecule has 0 spiro atoms. The number of hydrogen-bond donors (Lipinski definition) is 2. The molecule has 3 N–H and O–H groups in total. The van der Waals surface area contributed by atoms with Crippen molar-refractivity contribution in [2.24, 2.45) is 5.14 Å². The Morgan fingerprint density at radius 2 is 1.93 bits per heavy atom. The largest absolute Gasteiger partial charge is 0.352 e. The number of nitrogens with one attached hydrogen (secondary N) is 1. The summed E-state index contributed by atoms with van der Waals surface area (Å²) in [5, 5.41) is 9.09. The van der Waals surface area contributed by atoms with Crippen molar-refractivity contribution >= 4 is 39.1 Å². The van der Waals surface area contributed by atoms with Gasteiger partial charge in [0.2, 0.25) is 16.0 Å². The predicted octanol–water partition coefficient (Wildman–Crippen LogP) is 3.39. The van der Waals surface area contributed by atoms with Crippen molar-refractivity contribution in [2.75, 3.05) is 16.8 Å². The molecule has 0 aliphatic carbocycles. The fourth-order valence-electron chi connectivity index (χ4n) is 3.37. The van der Waals surface area contributed by atoms with E-state index >= 15 is 0 Å². The number of primary sulfonamides is 1. The van der Waals surface area contributed by atoms with Crippen LogP contribution in [0.15, 0.2) is 53.4 Å². The molecule has 2 heterocycles. The molecule has 150 valence electrons. The minimum Gasteiger partial charge on any atom is -0.352 e. The van der Waals surface area contributed by atoms with Crippen LogP contribution in [0.4, 0.5) is 17.5 Å². The van der Waals surface area contributed by atoms with E-state index in [1.807, 2.05) is 31.2 Å². The van der Waals surface area contributed by atoms with E-state index in [1.165, 1.54) is 0 Å². The Balaban J connectivity index is 1.61. The lowest BCUT2D eigenvalue weighted by atomic mass is 10.00. The summed E-state index contributed by atoms with van der Waals surface area (Å²) in [6, 6.07) is 14.3. The molecule has 9 heteroatoms. The highest BCUT2D eigenvalue weighted by Crippen LogP contribution is 2.27. The lowest BCUT2D eigenvalue weighted by molar-refractivity contribution is 0.597. The monoisotopic (exact) mass is 429 g/mol. The first-order valence-electron chi connectivity index (χ1n) is 9.06. The number of nitrogens with two attached hydrogens (primary N) is 1. The number of halogens is 1. The van der Waals surface area contributed by atoms with Gasteiger partial charge in [0, 0.05) is 35.6 Å². The van der Waals surface area contributed by atoms with Gasteiger partial charge in [0.05, 0.1) is 4.90 Å². The highest BCUT2D eigenvalue weighted by atomic mass is 35.5. The van der Waals surface area contributed by atoms with Crippen molar-refractivity contribution in [2.45, 2.75) is 24.8 Å². The van der Waals surface area contributed by atoms with Crippen LogP contribution >= 0.6 is 11.6 Å². The van der Waals surface area contributed by atoms with Crippen LogP contribution in [0.25, 0.3) is 0 Å². The molecule has 1 aliphatic rings. The van der Waals surface area contributed by atoms with E-state index in [0.717, 1.165) is 41.3 Å². The Morgan fingerprint density at radius 3 is 2.69 bits per heavy atom. The Kier molecular flexibility index (Phi) is 5.16. The summed E-state index contributed by atoms with van der Waals surface area (Å²) < 4.78 is 23.4. The zero-order valence-corrected chi connectivity index (χ0v) is 17.3. The van der Waals surface area contributed by atoms with Crippen LogP contribution in [0.1, 0.15) is 16.8 Å². The Hall–Kier alpha value is -2.68. The number of nitrogens with zero attached hydrogens (tertiary/aromatic N) is 3. The van der Waals surface area contributed by atoms with Crippen molar-refractivity contribution in [3.8, 4) is 0 Å². The van der Waals surface area contributed by atoms with Gasteiger partial charge in [-0.15, -0.1) is 0 Å². The molecule has 0 fully saturated rings. The van der Waals surface area contributed by atoms with E-state index in [4.69, 9.17) is 16.7 Å². The van der Waals surface area contributed by atoms with Gasteiger partial charge in [-0.25, -0.2) is 18.5 Å². The number of aromatic nitrogens is 2. The third kappa shape index (κ3) is 4.50. The lowest BCUT2D eigenvalue weighted by Crippen LogP contribution is -2.31. The second-order valence-corrected chi connectivity index (χ2v) is 8.97. The Labute approximate surface area is 174 Å². The zero-order valence-electron chi connectivity index (χ0n) is 15.8. The number of anilines is 3. The summed E-state index contributed by atoms with van der Waals surface area (Å²) >= 11 is 6.05. The van der Waals surface area contributed by atoms with Crippen molar-refractivity contribution in [3.63, 3.8) is 0 Å². The molecule has 3 aromatic rings. The number of benzene rings is 2. The van der Waals surface area contributed by atoms with Crippen LogP contribution in [0.5, 0.6) is 0 Å². The fraction of sp³-hybridized carbons (Fsp3) is 0.200. The summed E-state index contributed by atoms with van der Waals surface area (Å²) in [7, 11) is -3.73. The minimum absolute atomic E-state index is 0.125. The molecule has 0 saturated heterocycles. The number of hydrogen-bond acceptors (Lipinski definition) is 6. The number of aryl methyl sites for hydroxylation is 1. The molecule has 0 radical (unpaired) electrons. The van der Waals surface area contributed by atoms with Gasteiger partial charge >= 0.3 is 0 Å². The smallest absolute Gasteiger partial charge is 0.238 e. The van der Waals surface area contributed by atoms with Crippen molar-refractivity contribution in [1.29, 1.82) is 0 Å². The van der Waals surface area contributed by atoms with E-state index < -0.39 is 10.0 Å². The van der Waals surface area contributed by atoms with Crippen LogP contribution in [0.3, 0.4) is 0 Å². The van der Waals surface area contributed by atoms with Gasteiger partial charge in [-0.2, -0.15) is 4.98 Å². The normalized spacial score (nSPS) is 13.8. The highest BCUT2D eigenvalue weighted by Gasteiger charge is 2.20. The van der Waals surface area contributed by atoms with Crippen LogP contribution in [-0.2, 0) is 23.0 Å².